The van der Waals surface area contributed by atoms with Gasteiger partial charge in [0, 0.05) is 19.8 Å². The van der Waals surface area contributed by atoms with Crippen LogP contribution >= 0.6 is 0 Å². The molecule has 4 heteroatoms. The second-order valence-corrected chi connectivity index (χ2v) is 7.53. The highest BCUT2D eigenvalue weighted by atomic mass is 28.4. The Morgan fingerprint density at radius 2 is 1.50 bits per heavy atom. The molecule has 1 aliphatic rings. The van der Waals surface area contributed by atoms with Crippen molar-refractivity contribution < 1.29 is 13.3 Å². The van der Waals surface area contributed by atoms with E-state index in [4.69, 9.17) is 13.3 Å². The Kier molecular flexibility index (Phi) is 6.58. The maximum atomic E-state index is 5.82. The molecule has 0 bridgehead atoms. The van der Waals surface area contributed by atoms with Crippen molar-refractivity contribution in [3.05, 3.63) is 47.2 Å². The third-order valence-corrected chi connectivity index (χ3v) is 6.25. The van der Waals surface area contributed by atoms with Gasteiger partial charge in [0.2, 0.25) is 0 Å². The highest BCUT2D eigenvalue weighted by Crippen LogP contribution is 2.29. The summed E-state index contributed by atoms with van der Waals surface area (Å²) in [6, 6.07) is 8.62. The van der Waals surface area contributed by atoms with E-state index in [-0.39, 0.29) is 0 Å². The van der Waals surface area contributed by atoms with E-state index in [1.165, 1.54) is 24.0 Å². The maximum Gasteiger partial charge on any atom is 0.529 e. The molecule has 1 aromatic carbocycles. The number of allylic oxidation sites excluding steroid dienone is 2. The van der Waals surface area contributed by atoms with Gasteiger partial charge in [0.15, 0.2) is 0 Å². The van der Waals surface area contributed by atoms with Crippen LogP contribution in [0.1, 0.15) is 44.7 Å². The van der Waals surface area contributed by atoms with Crippen molar-refractivity contribution in [2.24, 2.45) is 0 Å². The van der Waals surface area contributed by atoms with Crippen molar-refractivity contribution in [3.63, 3.8) is 0 Å². The monoisotopic (exact) mass is 318 g/mol. The first-order chi connectivity index (χ1) is 10.7. The zero-order chi connectivity index (χ0) is 15.8. The first-order valence-electron chi connectivity index (χ1n) is 8.13. The number of hydrogen-bond acceptors (Lipinski definition) is 3. The molecule has 22 heavy (non-hydrogen) atoms. The van der Waals surface area contributed by atoms with Crippen LogP contribution in [-0.4, -0.2) is 28.6 Å². The Hall–Kier alpha value is -1.20. The number of rotatable bonds is 9. The molecule has 0 saturated heterocycles. The molecule has 0 unspecified atom stereocenters. The first kappa shape index (κ1) is 17.2. The second kappa shape index (κ2) is 8.43. The third kappa shape index (κ3) is 4.40. The Morgan fingerprint density at radius 1 is 0.955 bits per heavy atom. The predicted octanol–water partition coefficient (Wildman–Crippen LogP) is 4.46. The zero-order valence-electron chi connectivity index (χ0n) is 13.8. The summed E-state index contributed by atoms with van der Waals surface area (Å²) in [5.74, 6) is 0. The lowest BCUT2D eigenvalue weighted by molar-refractivity contribution is 0.0845. The summed E-state index contributed by atoms with van der Waals surface area (Å²) in [4.78, 5) is 0. The molecule has 1 aliphatic carbocycles. The normalized spacial score (nSPS) is 15.0. The number of benzene rings is 1. The lowest BCUT2D eigenvalue weighted by Gasteiger charge is -2.25. The van der Waals surface area contributed by atoms with E-state index in [1.54, 1.807) is 0 Å². The van der Waals surface area contributed by atoms with Crippen molar-refractivity contribution in [1.82, 2.24) is 0 Å². The van der Waals surface area contributed by atoms with Crippen LogP contribution in [0.2, 0.25) is 0 Å². The molecule has 0 aromatic heterocycles. The minimum Gasteiger partial charge on any atom is -0.371 e. The maximum absolute atomic E-state index is 5.82. The second-order valence-electron chi connectivity index (χ2n) is 5.13. The van der Waals surface area contributed by atoms with E-state index in [2.05, 4.69) is 30.3 Å². The predicted molar refractivity (Wildman–Crippen MR) is 93.3 cm³/mol. The van der Waals surface area contributed by atoms with E-state index in [1.807, 2.05) is 32.5 Å². The standard InChI is InChI=1S/C18H26O3Si/c1-4-19-22(20-5-2,21-6-3)15-14-16-10-12-18(13-11-16)17-8-7-9-17/h8,10-15H,4-7,9H2,1-3H3. The average Bonchev–Trinajstić information content (AvgIpc) is 2.46. The molecule has 0 aliphatic heterocycles. The van der Waals surface area contributed by atoms with Crippen molar-refractivity contribution in [3.8, 4) is 0 Å². The lowest BCUT2D eigenvalue weighted by atomic mass is 9.91. The Bertz CT molecular complexity index is 503. The highest BCUT2D eigenvalue weighted by molar-refractivity contribution is 6.67. The molecular formula is C18H26O3Si. The van der Waals surface area contributed by atoms with Crippen molar-refractivity contribution in [2.75, 3.05) is 19.8 Å². The number of hydrogen-bond donors (Lipinski definition) is 0. The summed E-state index contributed by atoms with van der Waals surface area (Å²) in [6.45, 7) is 7.66. The summed E-state index contributed by atoms with van der Waals surface area (Å²) < 4.78 is 17.5. The largest absolute Gasteiger partial charge is 0.529 e. The minimum atomic E-state index is -2.70. The van der Waals surface area contributed by atoms with Crippen LogP contribution < -0.4 is 0 Å². The van der Waals surface area contributed by atoms with Crippen LogP contribution in [0.15, 0.2) is 36.0 Å². The zero-order valence-corrected chi connectivity index (χ0v) is 14.8. The summed E-state index contributed by atoms with van der Waals surface area (Å²) in [5.41, 5.74) is 5.91. The molecule has 0 N–H and O–H groups in total. The molecule has 0 radical (unpaired) electrons. The van der Waals surface area contributed by atoms with E-state index < -0.39 is 8.80 Å². The van der Waals surface area contributed by atoms with Gasteiger partial charge < -0.3 is 13.3 Å². The Labute approximate surface area is 135 Å². The van der Waals surface area contributed by atoms with Crippen LogP contribution in [0.3, 0.4) is 0 Å². The Morgan fingerprint density at radius 3 is 1.91 bits per heavy atom. The summed E-state index contributed by atoms with van der Waals surface area (Å²) >= 11 is 0. The fraction of sp³-hybridized carbons (Fsp3) is 0.444. The lowest BCUT2D eigenvalue weighted by Crippen LogP contribution is -2.44. The van der Waals surface area contributed by atoms with E-state index >= 15 is 0 Å². The molecular weight excluding hydrogens is 292 g/mol. The fourth-order valence-electron chi connectivity index (χ4n) is 2.43. The molecule has 1 aromatic rings. The van der Waals surface area contributed by atoms with Gasteiger partial charge in [-0.15, -0.1) is 0 Å². The molecule has 0 atom stereocenters. The molecule has 0 saturated carbocycles. The quantitative estimate of drug-likeness (QED) is 0.629. The molecule has 0 fully saturated rings. The topological polar surface area (TPSA) is 27.7 Å². The molecule has 3 nitrogen and oxygen atoms in total. The van der Waals surface area contributed by atoms with Crippen molar-refractivity contribution >= 4 is 20.5 Å². The third-order valence-electron chi connectivity index (χ3n) is 3.60. The van der Waals surface area contributed by atoms with Gasteiger partial charge in [0.05, 0.1) is 0 Å². The van der Waals surface area contributed by atoms with Gasteiger partial charge in [0.25, 0.3) is 0 Å². The smallest absolute Gasteiger partial charge is 0.371 e. The van der Waals surface area contributed by atoms with Gasteiger partial charge in [-0.25, -0.2) is 0 Å². The first-order valence-corrected chi connectivity index (χ1v) is 9.93. The molecule has 0 heterocycles. The van der Waals surface area contributed by atoms with E-state index in [0.29, 0.717) is 19.8 Å². The molecule has 120 valence electrons. The van der Waals surface area contributed by atoms with Gasteiger partial charge in [-0.2, -0.15) is 0 Å². The van der Waals surface area contributed by atoms with Crippen LogP contribution in [0.25, 0.3) is 11.6 Å². The van der Waals surface area contributed by atoms with E-state index in [0.717, 1.165) is 5.56 Å². The van der Waals surface area contributed by atoms with Gasteiger partial charge in [0.1, 0.15) is 0 Å². The van der Waals surface area contributed by atoms with Gasteiger partial charge in [-0.1, -0.05) is 36.4 Å². The van der Waals surface area contributed by atoms with Gasteiger partial charge >= 0.3 is 8.80 Å². The van der Waals surface area contributed by atoms with Crippen molar-refractivity contribution in [2.45, 2.75) is 33.6 Å². The summed E-state index contributed by atoms with van der Waals surface area (Å²) in [5, 5.41) is 0. The summed E-state index contributed by atoms with van der Waals surface area (Å²) in [7, 11) is -2.70. The average molecular weight is 318 g/mol. The van der Waals surface area contributed by atoms with E-state index in [9.17, 15) is 0 Å². The molecule has 2 rings (SSSR count). The molecule has 0 spiro atoms. The summed E-state index contributed by atoms with van der Waals surface area (Å²) in [6.07, 6.45) is 6.75. The van der Waals surface area contributed by atoms with Gasteiger partial charge in [-0.3, -0.25) is 0 Å². The van der Waals surface area contributed by atoms with Gasteiger partial charge in [-0.05, 0) is 56.0 Å². The van der Waals surface area contributed by atoms with Crippen molar-refractivity contribution in [1.29, 1.82) is 0 Å². The fourth-order valence-corrected chi connectivity index (χ4v) is 4.57. The van der Waals surface area contributed by atoms with Crippen LogP contribution in [0.4, 0.5) is 0 Å². The van der Waals surface area contributed by atoms with Crippen LogP contribution in [0, 0.1) is 0 Å². The van der Waals surface area contributed by atoms with Crippen LogP contribution in [0.5, 0.6) is 0 Å². The van der Waals surface area contributed by atoms with Crippen LogP contribution in [-0.2, 0) is 13.3 Å². The SMILES string of the molecule is CCO[Si](C=Cc1ccc(C2=CCC2)cc1)(OCC)OCC. The Balaban J connectivity index is 2.11. The minimum absolute atomic E-state index is 0.587. The molecule has 0 amide bonds. The highest BCUT2D eigenvalue weighted by Gasteiger charge is 2.37.